The largest absolute Gasteiger partial charge is 0.335 e. The molecule has 0 aliphatic carbocycles. The van der Waals surface area contributed by atoms with Crippen LogP contribution < -0.4 is 0 Å². The molecule has 0 aliphatic rings. The zero-order valence-electron chi connectivity index (χ0n) is 12.8. The highest BCUT2D eigenvalue weighted by Gasteiger charge is 2.16. The van der Waals surface area contributed by atoms with Crippen LogP contribution in [-0.4, -0.2) is 17.9 Å². The van der Waals surface area contributed by atoms with Gasteiger partial charge in [-0.05, 0) is 48.4 Å². The smallest absolute Gasteiger partial charge is 0.246 e. The van der Waals surface area contributed by atoms with Gasteiger partial charge in [-0.1, -0.05) is 18.2 Å². The predicted octanol–water partition coefficient (Wildman–Crippen LogP) is 4.34. The minimum atomic E-state index is -0.947. The van der Waals surface area contributed by atoms with Gasteiger partial charge >= 0.3 is 0 Å². The minimum Gasteiger partial charge on any atom is -0.335 e. The van der Waals surface area contributed by atoms with E-state index in [1.54, 1.807) is 32.2 Å². The number of halogens is 3. The summed E-state index contributed by atoms with van der Waals surface area (Å²) in [6.45, 7) is 1.72. The molecule has 120 valence electrons. The fourth-order valence-electron chi connectivity index (χ4n) is 2.05. The van der Waals surface area contributed by atoms with Crippen LogP contribution in [0.1, 0.15) is 24.1 Å². The fraction of sp³-hybridized carbons (Fsp3) is 0.167. The number of carbonyl (C=O) groups is 1. The van der Waals surface area contributed by atoms with Gasteiger partial charge in [0, 0.05) is 13.1 Å². The second-order valence-electron chi connectivity index (χ2n) is 5.18. The van der Waals surface area contributed by atoms with E-state index in [2.05, 4.69) is 0 Å². The van der Waals surface area contributed by atoms with Crippen LogP contribution in [0.15, 0.2) is 48.5 Å². The highest BCUT2D eigenvalue weighted by molar-refractivity contribution is 5.91. The predicted molar refractivity (Wildman–Crippen MR) is 83.0 cm³/mol. The fourth-order valence-corrected chi connectivity index (χ4v) is 2.05. The number of hydrogen-bond donors (Lipinski definition) is 0. The van der Waals surface area contributed by atoms with Crippen molar-refractivity contribution in [1.29, 1.82) is 0 Å². The number of rotatable bonds is 4. The molecule has 0 radical (unpaired) electrons. The number of nitrogens with zero attached hydrogens (tertiary/aromatic N) is 1. The summed E-state index contributed by atoms with van der Waals surface area (Å²) < 4.78 is 39.1. The first-order valence-electron chi connectivity index (χ1n) is 7.04. The first kappa shape index (κ1) is 16.8. The van der Waals surface area contributed by atoms with E-state index in [0.29, 0.717) is 11.1 Å². The maximum atomic E-state index is 13.3. The van der Waals surface area contributed by atoms with E-state index >= 15 is 0 Å². The van der Waals surface area contributed by atoms with Crippen molar-refractivity contribution in [3.63, 3.8) is 0 Å². The Balaban J connectivity index is 2.08. The third-order valence-corrected chi connectivity index (χ3v) is 3.64. The molecule has 0 spiro atoms. The first-order chi connectivity index (χ1) is 10.9. The summed E-state index contributed by atoms with van der Waals surface area (Å²) in [5.41, 5.74) is 1.18. The van der Waals surface area contributed by atoms with E-state index in [9.17, 15) is 18.0 Å². The molecule has 2 aromatic rings. The molecule has 2 aromatic carbocycles. The van der Waals surface area contributed by atoms with Gasteiger partial charge in [0.05, 0.1) is 6.04 Å². The maximum Gasteiger partial charge on any atom is 0.246 e. The van der Waals surface area contributed by atoms with Gasteiger partial charge in [0.15, 0.2) is 11.6 Å². The lowest BCUT2D eigenvalue weighted by atomic mass is 10.1. The zero-order valence-corrected chi connectivity index (χ0v) is 12.8. The van der Waals surface area contributed by atoms with Crippen LogP contribution in [-0.2, 0) is 4.79 Å². The molecule has 2 nitrogen and oxygen atoms in total. The molecule has 1 unspecified atom stereocenters. The van der Waals surface area contributed by atoms with Crippen molar-refractivity contribution in [3.8, 4) is 0 Å². The van der Waals surface area contributed by atoms with Crippen LogP contribution in [0.3, 0.4) is 0 Å². The Hall–Kier alpha value is -2.56. The highest BCUT2D eigenvalue weighted by Crippen LogP contribution is 2.21. The van der Waals surface area contributed by atoms with Crippen LogP contribution in [0.2, 0.25) is 0 Å². The molecule has 0 aromatic heterocycles. The van der Waals surface area contributed by atoms with Gasteiger partial charge in [-0.3, -0.25) is 4.79 Å². The van der Waals surface area contributed by atoms with Crippen LogP contribution >= 0.6 is 0 Å². The van der Waals surface area contributed by atoms with Crippen molar-refractivity contribution in [2.24, 2.45) is 0 Å². The third kappa shape index (κ3) is 4.22. The van der Waals surface area contributed by atoms with E-state index in [1.807, 2.05) is 0 Å². The van der Waals surface area contributed by atoms with Crippen molar-refractivity contribution in [1.82, 2.24) is 4.90 Å². The van der Waals surface area contributed by atoms with E-state index in [-0.39, 0.29) is 11.7 Å². The normalized spacial score (nSPS) is 12.4. The van der Waals surface area contributed by atoms with Crippen molar-refractivity contribution in [2.45, 2.75) is 13.0 Å². The number of hydrogen-bond acceptors (Lipinski definition) is 1. The van der Waals surface area contributed by atoms with E-state index in [0.717, 1.165) is 12.1 Å². The van der Waals surface area contributed by atoms with Gasteiger partial charge < -0.3 is 4.90 Å². The minimum absolute atomic E-state index is 0.299. The summed E-state index contributed by atoms with van der Waals surface area (Å²) in [5.74, 6) is -2.52. The average Bonchev–Trinajstić information content (AvgIpc) is 2.55. The topological polar surface area (TPSA) is 20.3 Å². The second kappa shape index (κ2) is 7.13. The third-order valence-electron chi connectivity index (χ3n) is 3.64. The summed E-state index contributed by atoms with van der Waals surface area (Å²) in [5, 5.41) is 0. The van der Waals surface area contributed by atoms with Gasteiger partial charge in [0.1, 0.15) is 5.82 Å². The quantitative estimate of drug-likeness (QED) is 0.768. The van der Waals surface area contributed by atoms with Gasteiger partial charge in [-0.2, -0.15) is 0 Å². The molecule has 0 bridgehead atoms. The Morgan fingerprint density at radius 1 is 1.04 bits per heavy atom. The Labute approximate surface area is 132 Å². The zero-order chi connectivity index (χ0) is 17.0. The van der Waals surface area contributed by atoms with Crippen molar-refractivity contribution in [3.05, 3.63) is 77.1 Å². The molecule has 0 aliphatic heterocycles. The maximum absolute atomic E-state index is 13.3. The summed E-state index contributed by atoms with van der Waals surface area (Å²) >= 11 is 0. The molecule has 5 heteroatoms. The molecule has 2 rings (SSSR count). The van der Waals surface area contributed by atoms with Crippen LogP contribution in [0.4, 0.5) is 13.2 Å². The van der Waals surface area contributed by atoms with Crippen molar-refractivity contribution in [2.75, 3.05) is 7.05 Å². The SMILES string of the molecule is CC(c1ccc(F)c(F)c1)N(C)C(=O)/C=C/c1ccc(F)cc1. The van der Waals surface area contributed by atoms with E-state index in [4.69, 9.17) is 0 Å². The molecule has 0 saturated carbocycles. The van der Waals surface area contributed by atoms with Gasteiger partial charge in [-0.25, -0.2) is 13.2 Å². The van der Waals surface area contributed by atoms with Crippen LogP contribution in [0, 0.1) is 17.5 Å². The van der Waals surface area contributed by atoms with E-state index in [1.165, 1.54) is 29.2 Å². The number of likely N-dealkylation sites (N-methyl/N-ethyl adjacent to an activating group) is 1. The Morgan fingerprint density at radius 3 is 2.30 bits per heavy atom. The molecular formula is C18H16F3NO. The first-order valence-corrected chi connectivity index (χ1v) is 7.04. The molecule has 0 saturated heterocycles. The number of benzene rings is 2. The standard InChI is InChI=1S/C18H16F3NO/c1-12(14-6-9-16(20)17(21)11-14)22(2)18(23)10-5-13-3-7-15(19)8-4-13/h3-12H,1-2H3/b10-5+. The summed E-state index contributed by atoms with van der Waals surface area (Å²) in [4.78, 5) is 13.6. The van der Waals surface area contributed by atoms with E-state index < -0.39 is 17.7 Å². The molecular weight excluding hydrogens is 303 g/mol. The Morgan fingerprint density at radius 2 is 1.70 bits per heavy atom. The summed E-state index contributed by atoms with van der Waals surface area (Å²) in [7, 11) is 1.57. The van der Waals surface area contributed by atoms with Crippen molar-refractivity contribution < 1.29 is 18.0 Å². The molecule has 1 atom stereocenters. The van der Waals surface area contributed by atoms with Crippen LogP contribution in [0.25, 0.3) is 6.08 Å². The lowest BCUT2D eigenvalue weighted by molar-refractivity contribution is -0.126. The summed E-state index contributed by atoms with van der Waals surface area (Å²) in [6, 6.07) is 8.85. The molecule has 23 heavy (non-hydrogen) atoms. The van der Waals surface area contributed by atoms with Gasteiger partial charge in [-0.15, -0.1) is 0 Å². The second-order valence-corrected chi connectivity index (χ2v) is 5.18. The Bertz CT molecular complexity index is 726. The van der Waals surface area contributed by atoms with Crippen LogP contribution in [0.5, 0.6) is 0 Å². The molecule has 0 heterocycles. The van der Waals surface area contributed by atoms with Crippen molar-refractivity contribution >= 4 is 12.0 Å². The number of carbonyl (C=O) groups excluding carboxylic acids is 1. The monoisotopic (exact) mass is 319 g/mol. The molecule has 1 amide bonds. The number of amides is 1. The molecule has 0 fully saturated rings. The Kier molecular flexibility index (Phi) is 5.21. The lowest BCUT2D eigenvalue weighted by Crippen LogP contribution is -2.28. The average molecular weight is 319 g/mol. The summed E-state index contributed by atoms with van der Waals surface area (Å²) in [6.07, 6.45) is 2.92. The van der Waals surface area contributed by atoms with Gasteiger partial charge in [0.25, 0.3) is 0 Å². The van der Waals surface area contributed by atoms with Gasteiger partial charge in [0.2, 0.25) is 5.91 Å². The lowest BCUT2D eigenvalue weighted by Gasteiger charge is -2.24. The molecule has 0 N–H and O–H groups in total. The highest BCUT2D eigenvalue weighted by atomic mass is 19.2.